The summed E-state index contributed by atoms with van der Waals surface area (Å²) in [6, 6.07) is 5.63. The van der Waals surface area contributed by atoms with E-state index >= 15 is 0 Å². The van der Waals surface area contributed by atoms with Gasteiger partial charge in [0.25, 0.3) is 0 Å². The van der Waals surface area contributed by atoms with Crippen LogP contribution in [0.1, 0.15) is 5.56 Å². The van der Waals surface area contributed by atoms with E-state index in [1.165, 1.54) is 0 Å². The molecule has 0 fully saturated rings. The van der Waals surface area contributed by atoms with Crippen molar-refractivity contribution in [3.05, 3.63) is 23.8 Å². The Hall–Kier alpha value is -2.24. The molecule has 6 heteroatoms. The second kappa shape index (κ2) is 5.20. The zero-order valence-electron chi connectivity index (χ0n) is 10.2. The first-order chi connectivity index (χ1) is 7.97. The highest BCUT2D eigenvalue weighted by atomic mass is 16.5. The lowest BCUT2D eigenvalue weighted by Crippen LogP contribution is -2.31. The highest BCUT2D eigenvalue weighted by molar-refractivity contribution is 6.02. The Morgan fingerprint density at radius 2 is 2.06 bits per heavy atom. The average molecular weight is 235 g/mol. The van der Waals surface area contributed by atoms with E-state index in [0.717, 1.165) is 11.3 Å². The van der Waals surface area contributed by atoms with Gasteiger partial charge in [-0.3, -0.25) is 5.41 Å². The van der Waals surface area contributed by atoms with Crippen LogP contribution in [0.15, 0.2) is 23.2 Å². The Labute approximate surface area is 100 Å². The second-order valence-corrected chi connectivity index (χ2v) is 3.55. The van der Waals surface area contributed by atoms with Gasteiger partial charge in [0.2, 0.25) is 5.96 Å². The molecule has 0 aliphatic heterocycles. The molecule has 0 saturated carbocycles. The van der Waals surface area contributed by atoms with E-state index in [0.29, 0.717) is 5.75 Å². The van der Waals surface area contributed by atoms with Crippen LogP contribution in [0.25, 0.3) is 0 Å². The number of ether oxygens (including phenoxy) is 1. The van der Waals surface area contributed by atoms with Gasteiger partial charge in [-0.05, 0) is 18.6 Å². The van der Waals surface area contributed by atoms with Crippen molar-refractivity contribution in [1.29, 1.82) is 5.41 Å². The molecule has 0 amide bonds. The van der Waals surface area contributed by atoms with Crippen LogP contribution in [0.4, 0.5) is 5.69 Å². The molecule has 0 aliphatic rings. The second-order valence-electron chi connectivity index (χ2n) is 3.55. The molecule has 92 valence electrons. The van der Waals surface area contributed by atoms with E-state index in [2.05, 4.69) is 4.99 Å². The molecule has 1 rings (SSSR count). The molecular formula is C11H17N5O. The highest BCUT2D eigenvalue weighted by Crippen LogP contribution is 2.30. The van der Waals surface area contributed by atoms with Gasteiger partial charge < -0.3 is 21.1 Å². The molecule has 6 nitrogen and oxygen atoms in total. The predicted molar refractivity (Wildman–Crippen MR) is 69.7 cm³/mol. The number of anilines is 1. The number of rotatable bonds is 2. The number of hydrogen-bond donors (Lipinski definition) is 3. The van der Waals surface area contributed by atoms with Crippen molar-refractivity contribution in [2.75, 3.05) is 19.1 Å². The van der Waals surface area contributed by atoms with Crippen LogP contribution in [0.5, 0.6) is 5.75 Å². The summed E-state index contributed by atoms with van der Waals surface area (Å²) in [6.45, 7) is 1.93. The van der Waals surface area contributed by atoms with Gasteiger partial charge >= 0.3 is 0 Å². The monoisotopic (exact) mass is 235 g/mol. The van der Waals surface area contributed by atoms with Gasteiger partial charge in [-0.25, -0.2) is 0 Å². The Balaban J connectivity index is 3.15. The van der Waals surface area contributed by atoms with Crippen molar-refractivity contribution >= 4 is 17.6 Å². The Kier molecular flexibility index (Phi) is 3.92. The minimum Gasteiger partial charge on any atom is -0.495 e. The lowest BCUT2D eigenvalue weighted by Gasteiger charge is -2.21. The van der Waals surface area contributed by atoms with Crippen LogP contribution >= 0.6 is 0 Å². The van der Waals surface area contributed by atoms with Crippen molar-refractivity contribution in [3.8, 4) is 5.75 Å². The van der Waals surface area contributed by atoms with Gasteiger partial charge in [0.15, 0.2) is 5.96 Å². The molecule has 17 heavy (non-hydrogen) atoms. The van der Waals surface area contributed by atoms with Gasteiger partial charge in [-0.1, -0.05) is 12.1 Å². The van der Waals surface area contributed by atoms with Gasteiger partial charge in [-0.2, -0.15) is 4.99 Å². The van der Waals surface area contributed by atoms with Crippen LogP contribution in [-0.2, 0) is 0 Å². The first-order valence-corrected chi connectivity index (χ1v) is 5.03. The van der Waals surface area contributed by atoms with E-state index in [-0.39, 0.29) is 11.9 Å². The first kappa shape index (κ1) is 12.8. The first-order valence-electron chi connectivity index (χ1n) is 5.03. The fourth-order valence-electron chi connectivity index (χ4n) is 1.53. The number of hydrogen-bond acceptors (Lipinski definition) is 2. The molecule has 5 N–H and O–H groups in total. The maximum atomic E-state index is 7.75. The molecule has 0 spiro atoms. The molecular weight excluding hydrogens is 218 g/mol. The van der Waals surface area contributed by atoms with E-state index in [9.17, 15) is 0 Å². The normalized spacial score (nSPS) is 9.59. The summed E-state index contributed by atoms with van der Waals surface area (Å²) in [4.78, 5) is 5.26. The lowest BCUT2D eigenvalue weighted by atomic mass is 10.1. The summed E-state index contributed by atoms with van der Waals surface area (Å²) >= 11 is 0. The number of aryl methyl sites for hydroxylation is 1. The summed E-state index contributed by atoms with van der Waals surface area (Å²) in [5.74, 6) is 0.482. The third-order valence-corrected chi connectivity index (χ3v) is 2.31. The number of methoxy groups -OCH3 is 1. The zero-order chi connectivity index (χ0) is 13.0. The number of nitrogens with zero attached hydrogens (tertiary/aromatic N) is 2. The fourth-order valence-corrected chi connectivity index (χ4v) is 1.53. The number of nitrogens with one attached hydrogen (secondary N) is 1. The third-order valence-electron chi connectivity index (χ3n) is 2.31. The summed E-state index contributed by atoms with van der Waals surface area (Å²) in [5.41, 5.74) is 12.2. The minimum atomic E-state index is -0.144. The van der Waals surface area contributed by atoms with Crippen molar-refractivity contribution in [1.82, 2.24) is 0 Å². The molecule has 0 heterocycles. The van der Waals surface area contributed by atoms with Crippen molar-refractivity contribution in [3.63, 3.8) is 0 Å². The largest absolute Gasteiger partial charge is 0.495 e. The number of para-hydroxylation sites is 1. The smallest absolute Gasteiger partial charge is 0.225 e. The number of nitrogens with two attached hydrogens (primary N) is 2. The molecule has 0 atom stereocenters. The predicted octanol–water partition coefficient (Wildman–Crippen LogP) is 0.648. The van der Waals surface area contributed by atoms with E-state index in [4.69, 9.17) is 21.6 Å². The van der Waals surface area contributed by atoms with E-state index in [1.54, 1.807) is 19.1 Å². The summed E-state index contributed by atoms with van der Waals surface area (Å²) in [5, 5.41) is 7.75. The maximum Gasteiger partial charge on any atom is 0.225 e. The van der Waals surface area contributed by atoms with Gasteiger partial charge in [0, 0.05) is 7.05 Å². The standard InChI is InChI=1S/C11H17N5O/c1-7-5-4-6-8(17-3)9(7)16(2)11(14)15-10(12)13/h4-6H,1-3H3,(H5,12,13,14,15). The van der Waals surface area contributed by atoms with Gasteiger partial charge in [0.1, 0.15) is 5.75 Å². The van der Waals surface area contributed by atoms with Gasteiger partial charge in [-0.15, -0.1) is 0 Å². The van der Waals surface area contributed by atoms with E-state index < -0.39 is 0 Å². The highest BCUT2D eigenvalue weighted by Gasteiger charge is 2.14. The molecule has 0 aliphatic carbocycles. The van der Waals surface area contributed by atoms with Crippen molar-refractivity contribution in [2.24, 2.45) is 16.5 Å². The van der Waals surface area contributed by atoms with Crippen molar-refractivity contribution in [2.45, 2.75) is 6.92 Å². The summed E-state index contributed by atoms with van der Waals surface area (Å²) < 4.78 is 5.25. The molecule has 0 aromatic heterocycles. The van der Waals surface area contributed by atoms with E-state index in [1.807, 2.05) is 25.1 Å². The zero-order valence-corrected chi connectivity index (χ0v) is 10.2. The number of aliphatic imine (C=N–C) groups is 1. The molecule has 0 bridgehead atoms. The van der Waals surface area contributed by atoms with Crippen molar-refractivity contribution < 1.29 is 4.74 Å². The van der Waals surface area contributed by atoms with Crippen LogP contribution in [0, 0.1) is 12.3 Å². The Morgan fingerprint density at radius 3 is 2.59 bits per heavy atom. The minimum absolute atomic E-state index is 0.0439. The van der Waals surface area contributed by atoms with Gasteiger partial charge in [0.05, 0.1) is 12.8 Å². The topological polar surface area (TPSA) is 101 Å². The summed E-state index contributed by atoms with van der Waals surface area (Å²) in [7, 11) is 3.29. The summed E-state index contributed by atoms with van der Waals surface area (Å²) in [6.07, 6.45) is 0. The molecule has 0 radical (unpaired) electrons. The molecule has 1 aromatic rings. The molecule has 0 unspecified atom stereocenters. The Bertz CT molecular complexity index is 451. The molecule has 1 aromatic carbocycles. The average Bonchev–Trinajstić information content (AvgIpc) is 2.26. The Morgan fingerprint density at radius 1 is 1.41 bits per heavy atom. The fraction of sp³-hybridized carbons (Fsp3) is 0.273. The van der Waals surface area contributed by atoms with Crippen LogP contribution in [0.3, 0.4) is 0 Å². The quantitative estimate of drug-likeness (QED) is 0.517. The number of guanidine groups is 2. The van der Waals surface area contributed by atoms with Crippen LogP contribution < -0.4 is 21.1 Å². The maximum absolute atomic E-state index is 7.75. The molecule has 0 saturated heterocycles. The lowest BCUT2D eigenvalue weighted by molar-refractivity contribution is 0.415. The number of benzene rings is 1. The SMILES string of the molecule is COc1cccc(C)c1N(C)C(=N)N=C(N)N. The van der Waals surface area contributed by atoms with Crippen LogP contribution in [-0.4, -0.2) is 26.1 Å². The van der Waals surface area contributed by atoms with Crippen LogP contribution in [0.2, 0.25) is 0 Å². The third kappa shape index (κ3) is 2.87.